The number of halogens is 1. The fourth-order valence-electron chi connectivity index (χ4n) is 4.13. The van der Waals surface area contributed by atoms with E-state index < -0.39 is 11.4 Å². The maximum Gasteiger partial charge on any atom is 0.335 e. The first-order chi connectivity index (χ1) is 11.8. The first kappa shape index (κ1) is 15.8. The lowest BCUT2D eigenvalue weighted by molar-refractivity contribution is -0.121. The third-order valence-corrected chi connectivity index (χ3v) is 5.57. The molecule has 25 heavy (non-hydrogen) atoms. The zero-order chi connectivity index (χ0) is 18.0. The van der Waals surface area contributed by atoms with Crippen molar-refractivity contribution in [2.75, 3.05) is 4.90 Å². The molecule has 0 radical (unpaired) electrons. The predicted octanol–water partition coefficient (Wildman–Crippen LogP) is 3.74. The van der Waals surface area contributed by atoms with E-state index in [1.807, 2.05) is 13.8 Å². The second kappa shape index (κ2) is 4.91. The maximum atomic E-state index is 13.8. The zero-order valence-electron chi connectivity index (χ0n) is 14.0. The number of hydrogen-bond acceptors (Lipinski definition) is 2. The molecule has 0 unspecified atom stereocenters. The van der Waals surface area contributed by atoms with Gasteiger partial charge in [-0.2, -0.15) is 0 Å². The molecule has 0 bridgehead atoms. The summed E-state index contributed by atoms with van der Waals surface area (Å²) >= 11 is 0. The summed E-state index contributed by atoms with van der Waals surface area (Å²) in [5.74, 6) is -1.38. The molecule has 1 heterocycles. The van der Waals surface area contributed by atoms with Crippen LogP contribution in [0.4, 0.5) is 10.1 Å². The summed E-state index contributed by atoms with van der Waals surface area (Å²) in [6, 6.07) is 11.0. The summed E-state index contributed by atoms with van der Waals surface area (Å²) in [6.07, 6.45) is 0.695. The van der Waals surface area contributed by atoms with Crippen LogP contribution >= 0.6 is 0 Å². The minimum atomic E-state index is -1.00. The van der Waals surface area contributed by atoms with E-state index in [-0.39, 0.29) is 29.2 Å². The monoisotopic (exact) mass is 339 g/mol. The molecule has 1 aliphatic carbocycles. The smallest absolute Gasteiger partial charge is 0.335 e. The van der Waals surface area contributed by atoms with Gasteiger partial charge >= 0.3 is 5.97 Å². The van der Waals surface area contributed by atoms with Crippen LogP contribution in [0.2, 0.25) is 0 Å². The Labute approximate surface area is 144 Å². The van der Waals surface area contributed by atoms with Crippen LogP contribution in [-0.4, -0.2) is 17.0 Å². The van der Waals surface area contributed by atoms with E-state index in [9.17, 15) is 14.0 Å². The van der Waals surface area contributed by atoms with Gasteiger partial charge in [0.05, 0.1) is 17.5 Å². The van der Waals surface area contributed by atoms with Crippen molar-refractivity contribution in [3.63, 3.8) is 0 Å². The van der Waals surface area contributed by atoms with E-state index in [1.54, 1.807) is 29.2 Å². The third kappa shape index (κ3) is 2.11. The van der Waals surface area contributed by atoms with Crippen LogP contribution in [-0.2, 0) is 16.8 Å². The van der Waals surface area contributed by atoms with Crippen molar-refractivity contribution in [2.24, 2.45) is 5.41 Å². The van der Waals surface area contributed by atoms with Gasteiger partial charge in [-0.25, -0.2) is 9.18 Å². The van der Waals surface area contributed by atoms with Crippen LogP contribution in [0, 0.1) is 11.2 Å². The Morgan fingerprint density at radius 1 is 1.24 bits per heavy atom. The minimum Gasteiger partial charge on any atom is -0.478 e. The van der Waals surface area contributed by atoms with Crippen LogP contribution in [0.3, 0.4) is 0 Å². The van der Waals surface area contributed by atoms with Gasteiger partial charge in [-0.15, -0.1) is 0 Å². The summed E-state index contributed by atoms with van der Waals surface area (Å²) in [5.41, 5.74) is 1.53. The molecule has 2 aromatic rings. The van der Waals surface area contributed by atoms with Gasteiger partial charge in [0.15, 0.2) is 0 Å². The van der Waals surface area contributed by atoms with Crippen LogP contribution in [0.25, 0.3) is 0 Å². The molecule has 0 aromatic heterocycles. The third-order valence-electron chi connectivity index (χ3n) is 5.57. The number of carboxylic acids is 1. The van der Waals surface area contributed by atoms with Gasteiger partial charge in [0.1, 0.15) is 5.82 Å². The summed E-state index contributed by atoms with van der Waals surface area (Å²) in [4.78, 5) is 26.0. The number of amides is 1. The van der Waals surface area contributed by atoms with Crippen molar-refractivity contribution in [3.05, 3.63) is 65.0 Å². The number of carbonyl (C=O) groups is 2. The SMILES string of the molecule is CC1(C)C[C@@]12C(=O)N(Cc1cccc(C(=O)O)c1)c1ccc(F)cc12. The Balaban J connectivity index is 1.76. The van der Waals surface area contributed by atoms with E-state index in [0.29, 0.717) is 6.42 Å². The second-order valence-electron chi connectivity index (χ2n) is 7.52. The molecular weight excluding hydrogens is 321 g/mol. The molecule has 4 rings (SSSR count). The number of anilines is 1. The highest BCUT2D eigenvalue weighted by molar-refractivity contribution is 6.11. The van der Waals surface area contributed by atoms with Gasteiger partial charge < -0.3 is 10.0 Å². The highest BCUT2D eigenvalue weighted by atomic mass is 19.1. The van der Waals surface area contributed by atoms with Gasteiger partial charge in [0, 0.05) is 5.69 Å². The number of carbonyl (C=O) groups excluding carboxylic acids is 1. The average molecular weight is 339 g/mol. The van der Waals surface area contributed by atoms with E-state index in [4.69, 9.17) is 5.11 Å². The molecule has 1 atom stereocenters. The fourth-order valence-corrected chi connectivity index (χ4v) is 4.13. The van der Waals surface area contributed by atoms with E-state index >= 15 is 0 Å². The molecule has 4 nitrogen and oxygen atoms in total. The van der Waals surface area contributed by atoms with Gasteiger partial charge in [0.2, 0.25) is 5.91 Å². The molecule has 0 saturated heterocycles. The van der Waals surface area contributed by atoms with Crippen LogP contribution in [0.5, 0.6) is 0 Å². The first-order valence-corrected chi connectivity index (χ1v) is 8.20. The average Bonchev–Trinajstić information content (AvgIpc) is 3.08. The van der Waals surface area contributed by atoms with E-state index in [2.05, 4.69) is 0 Å². The Hall–Kier alpha value is -2.69. The lowest BCUT2D eigenvalue weighted by atomic mass is 9.89. The molecule has 2 aliphatic rings. The number of carboxylic acid groups (broad SMARTS) is 1. The summed E-state index contributed by atoms with van der Waals surface area (Å²) in [7, 11) is 0. The number of aromatic carboxylic acids is 1. The van der Waals surface area contributed by atoms with Crippen LogP contribution in [0.15, 0.2) is 42.5 Å². The Morgan fingerprint density at radius 2 is 1.96 bits per heavy atom. The quantitative estimate of drug-likeness (QED) is 0.927. The number of hydrogen-bond donors (Lipinski definition) is 1. The fraction of sp³-hybridized carbons (Fsp3) is 0.300. The molecule has 1 N–H and O–H groups in total. The normalized spacial score (nSPS) is 23.0. The topological polar surface area (TPSA) is 57.6 Å². The van der Waals surface area contributed by atoms with Crippen molar-refractivity contribution in [2.45, 2.75) is 32.2 Å². The van der Waals surface area contributed by atoms with Crippen molar-refractivity contribution >= 4 is 17.6 Å². The molecule has 1 amide bonds. The largest absolute Gasteiger partial charge is 0.478 e. The molecule has 128 valence electrons. The molecule has 1 spiro atoms. The van der Waals surface area contributed by atoms with Crippen molar-refractivity contribution in [1.82, 2.24) is 0 Å². The van der Waals surface area contributed by atoms with Gasteiger partial charge in [-0.1, -0.05) is 26.0 Å². The Morgan fingerprint density at radius 3 is 2.60 bits per heavy atom. The molecule has 1 aliphatic heterocycles. The summed E-state index contributed by atoms with van der Waals surface area (Å²) in [5, 5.41) is 9.15. The van der Waals surface area contributed by atoms with Crippen LogP contribution in [0.1, 0.15) is 41.8 Å². The van der Waals surface area contributed by atoms with E-state index in [0.717, 1.165) is 16.8 Å². The molecule has 5 heteroatoms. The number of rotatable bonds is 3. The van der Waals surface area contributed by atoms with Crippen molar-refractivity contribution < 1.29 is 19.1 Å². The van der Waals surface area contributed by atoms with Gasteiger partial charge in [-0.3, -0.25) is 4.79 Å². The van der Waals surface area contributed by atoms with Gasteiger partial charge in [0.25, 0.3) is 0 Å². The highest BCUT2D eigenvalue weighted by Gasteiger charge is 2.71. The number of fused-ring (bicyclic) bond motifs is 2. The molecule has 2 aromatic carbocycles. The lowest BCUT2D eigenvalue weighted by Gasteiger charge is -2.19. The molecule has 1 fully saturated rings. The minimum absolute atomic E-state index is 0.0289. The first-order valence-electron chi connectivity index (χ1n) is 8.20. The highest BCUT2D eigenvalue weighted by Crippen LogP contribution is 2.69. The zero-order valence-corrected chi connectivity index (χ0v) is 14.0. The Kier molecular flexibility index (Phi) is 3.11. The van der Waals surface area contributed by atoms with Gasteiger partial charge in [-0.05, 0) is 53.3 Å². The van der Waals surface area contributed by atoms with Crippen molar-refractivity contribution in [3.8, 4) is 0 Å². The second-order valence-corrected chi connectivity index (χ2v) is 7.52. The maximum absolute atomic E-state index is 13.8. The summed E-state index contributed by atoms with van der Waals surface area (Å²) < 4.78 is 13.8. The molecular formula is C20H18FNO3. The molecule has 1 saturated carbocycles. The van der Waals surface area contributed by atoms with Crippen LogP contribution < -0.4 is 4.90 Å². The standard InChI is InChI=1S/C20H18FNO3/c1-19(2)11-20(19)15-9-14(21)6-7-16(15)22(18(20)25)10-12-4-3-5-13(8-12)17(23)24/h3-9H,10-11H2,1-2H3,(H,23,24)/t20-/m1/s1. The lowest BCUT2D eigenvalue weighted by Crippen LogP contribution is -2.34. The number of nitrogens with zero attached hydrogens (tertiary/aromatic N) is 1. The predicted molar refractivity (Wildman–Crippen MR) is 91.1 cm³/mol. The van der Waals surface area contributed by atoms with E-state index in [1.165, 1.54) is 18.2 Å². The summed E-state index contributed by atoms with van der Waals surface area (Å²) in [6.45, 7) is 4.32. The number of benzene rings is 2. The Bertz CT molecular complexity index is 921. The van der Waals surface area contributed by atoms with Crippen molar-refractivity contribution in [1.29, 1.82) is 0 Å².